The molecule has 1 heterocycles. The van der Waals surface area contributed by atoms with Gasteiger partial charge in [-0.3, -0.25) is 18.7 Å². The average molecular weight is 488 g/mol. The minimum atomic E-state index is -0.788. The van der Waals surface area contributed by atoms with Crippen molar-refractivity contribution >= 4 is 40.0 Å². The van der Waals surface area contributed by atoms with Crippen molar-refractivity contribution in [2.24, 2.45) is 14.1 Å². The molecule has 1 aromatic carbocycles. The topological polar surface area (TPSA) is 105 Å². The van der Waals surface area contributed by atoms with Crippen LogP contribution < -0.4 is 21.9 Å². The summed E-state index contributed by atoms with van der Waals surface area (Å²) < 4.78 is 16.8. The molecule has 3 N–H and O–H groups in total. The van der Waals surface area contributed by atoms with Crippen LogP contribution in [0.1, 0.15) is 23.2 Å². The lowest BCUT2D eigenvalue weighted by Crippen LogP contribution is -2.50. The van der Waals surface area contributed by atoms with Gasteiger partial charge in [0.2, 0.25) is 0 Å². The van der Waals surface area contributed by atoms with E-state index in [4.69, 9.17) is 0 Å². The van der Waals surface area contributed by atoms with Crippen LogP contribution in [0.5, 0.6) is 0 Å². The smallest absolute Gasteiger partial charge is 0.332 e. The summed E-state index contributed by atoms with van der Waals surface area (Å²) in [5, 5.41) is 14.7. The molecule has 0 unspecified atom stereocenters. The van der Waals surface area contributed by atoms with Crippen LogP contribution in [0.3, 0.4) is 0 Å². The monoisotopic (exact) mass is 488 g/mol. The molecule has 3 rings (SSSR count). The third-order valence-electron chi connectivity index (χ3n) is 4.52. The van der Waals surface area contributed by atoms with Crippen LogP contribution in [0.15, 0.2) is 27.8 Å². The largest absolute Gasteiger partial charge is 0.393 e. The predicted octanol–water partition coefficient (Wildman–Crippen LogP) is 0.824. The summed E-state index contributed by atoms with van der Waals surface area (Å²) in [6.45, 7) is 0. The normalized spacial score (nSPS) is 18.7. The summed E-state index contributed by atoms with van der Waals surface area (Å²) in [5.41, 5.74) is -1.70. The number of rotatable bonds is 4. The Morgan fingerprint density at radius 3 is 2.52 bits per heavy atom. The predicted molar refractivity (Wildman–Crippen MR) is 106 cm³/mol. The Labute approximate surface area is 167 Å². The number of amides is 1. The van der Waals surface area contributed by atoms with Gasteiger partial charge in [0, 0.05) is 23.7 Å². The molecular weight excluding hydrogens is 470 g/mol. The van der Waals surface area contributed by atoms with Gasteiger partial charge in [0.25, 0.3) is 11.5 Å². The van der Waals surface area contributed by atoms with Crippen LogP contribution >= 0.6 is 22.6 Å². The van der Waals surface area contributed by atoms with Gasteiger partial charge in [-0.05, 0) is 53.6 Å². The minimum Gasteiger partial charge on any atom is -0.393 e. The van der Waals surface area contributed by atoms with Gasteiger partial charge in [0.05, 0.1) is 11.8 Å². The molecule has 1 fully saturated rings. The van der Waals surface area contributed by atoms with E-state index >= 15 is 0 Å². The Balaban J connectivity index is 2.07. The molecule has 0 aliphatic heterocycles. The van der Waals surface area contributed by atoms with Gasteiger partial charge in [-0.25, -0.2) is 9.18 Å². The molecule has 8 nitrogen and oxygen atoms in total. The zero-order valence-electron chi connectivity index (χ0n) is 14.6. The number of nitrogens with one attached hydrogen (secondary N) is 2. The molecule has 0 atom stereocenters. The van der Waals surface area contributed by atoms with Gasteiger partial charge >= 0.3 is 5.69 Å². The van der Waals surface area contributed by atoms with Gasteiger partial charge in [-0.1, -0.05) is 0 Å². The number of aliphatic hydroxyl groups is 1. The van der Waals surface area contributed by atoms with E-state index in [2.05, 4.69) is 10.6 Å². The lowest BCUT2D eigenvalue weighted by Gasteiger charge is -2.32. The number of aromatic nitrogens is 2. The average Bonchev–Trinajstić information content (AvgIpc) is 2.58. The molecular formula is C17H18FIN4O4. The van der Waals surface area contributed by atoms with Crippen LogP contribution in [0.25, 0.3) is 0 Å². The zero-order chi connectivity index (χ0) is 19.9. The first kappa shape index (κ1) is 19.5. The fourth-order valence-electron chi connectivity index (χ4n) is 2.88. The van der Waals surface area contributed by atoms with Gasteiger partial charge in [-0.15, -0.1) is 0 Å². The van der Waals surface area contributed by atoms with Gasteiger partial charge < -0.3 is 15.7 Å². The van der Waals surface area contributed by atoms with E-state index in [0.717, 1.165) is 9.13 Å². The van der Waals surface area contributed by atoms with Crippen LogP contribution in [0.4, 0.5) is 15.9 Å². The molecule has 0 bridgehead atoms. The number of hydrogen-bond acceptors (Lipinski definition) is 5. The quantitative estimate of drug-likeness (QED) is 0.554. The summed E-state index contributed by atoms with van der Waals surface area (Å²) in [6, 6.07) is 4.15. The van der Waals surface area contributed by atoms with Crippen LogP contribution in [-0.2, 0) is 14.1 Å². The molecule has 1 saturated carbocycles. The number of anilines is 2. The standard InChI is InChI=1S/C17H18FIN4O4/c1-22-14(21-12-4-3-8(19)5-11(12)18)13(16(26)23(2)17(22)27)15(25)20-9-6-10(24)7-9/h3-5,9-10,21,24H,6-7H2,1-2H3,(H,20,25). The summed E-state index contributed by atoms with van der Waals surface area (Å²) in [7, 11) is 2.66. The lowest BCUT2D eigenvalue weighted by atomic mass is 9.89. The van der Waals surface area contributed by atoms with Crippen molar-refractivity contribution in [2.75, 3.05) is 5.32 Å². The second-order valence-electron chi connectivity index (χ2n) is 6.47. The first-order chi connectivity index (χ1) is 12.7. The number of nitrogens with zero attached hydrogens (tertiary/aromatic N) is 2. The zero-order valence-corrected chi connectivity index (χ0v) is 16.8. The lowest BCUT2D eigenvalue weighted by molar-refractivity contribution is 0.0562. The van der Waals surface area contributed by atoms with E-state index in [1.165, 1.54) is 26.2 Å². The third-order valence-corrected chi connectivity index (χ3v) is 5.20. The Kier molecular flexibility index (Phi) is 5.38. The van der Waals surface area contributed by atoms with E-state index in [1.54, 1.807) is 6.07 Å². The summed E-state index contributed by atoms with van der Waals surface area (Å²) in [5.74, 6) is -1.36. The van der Waals surface area contributed by atoms with E-state index in [0.29, 0.717) is 16.4 Å². The summed E-state index contributed by atoms with van der Waals surface area (Å²) in [4.78, 5) is 37.5. The highest BCUT2D eigenvalue weighted by Crippen LogP contribution is 2.24. The van der Waals surface area contributed by atoms with Crippen molar-refractivity contribution in [3.63, 3.8) is 0 Å². The maximum absolute atomic E-state index is 14.2. The number of halogens is 2. The molecule has 27 heavy (non-hydrogen) atoms. The number of carbonyl (C=O) groups excluding carboxylic acids is 1. The molecule has 0 spiro atoms. The SMILES string of the molecule is Cn1c(Nc2ccc(I)cc2F)c(C(=O)NC2CC(O)C2)c(=O)n(C)c1=O. The van der Waals surface area contributed by atoms with Crippen LogP contribution in [0, 0.1) is 9.39 Å². The maximum atomic E-state index is 14.2. The Morgan fingerprint density at radius 2 is 1.93 bits per heavy atom. The van der Waals surface area contributed by atoms with Crippen molar-refractivity contribution < 1.29 is 14.3 Å². The highest BCUT2D eigenvalue weighted by atomic mass is 127. The molecule has 10 heteroatoms. The van der Waals surface area contributed by atoms with Crippen molar-refractivity contribution in [1.29, 1.82) is 0 Å². The fraction of sp³-hybridized carbons (Fsp3) is 0.353. The molecule has 0 radical (unpaired) electrons. The number of hydrogen-bond donors (Lipinski definition) is 3. The second kappa shape index (κ2) is 7.43. The van der Waals surface area contributed by atoms with Crippen molar-refractivity contribution in [3.8, 4) is 0 Å². The second-order valence-corrected chi connectivity index (χ2v) is 7.72. The number of carbonyl (C=O) groups is 1. The summed E-state index contributed by atoms with van der Waals surface area (Å²) >= 11 is 1.96. The first-order valence-corrected chi connectivity index (χ1v) is 9.28. The Morgan fingerprint density at radius 1 is 1.26 bits per heavy atom. The van der Waals surface area contributed by atoms with E-state index in [9.17, 15) is 23.9 Å². The highest BCUT2D eigenvalue weighted by Gasteiger charge is 2.31. The number of aliphatic hydroxyl groups excluding tert-OH is 1. The van der Waals surface area contributed by atoms with Crippen molar-refractivity contribution in [1.82, 2.24) is 14.5 Å². The van der Waals surface area contributed by atoms with Crippen LogP contribution in [-0.4, -0.2) is 32.3 Å². The fourth-order valence-corrected chi connectivity index (χ4v) is 3.33. The van der Waals surface area contributed by atoms with Crippen molar-refractivity contribution in [2.45, 2.75) is 25.0 Å². The van der Waals surface area contributed by atoms with Crippen LogP contribution in [0.2, 0.25) is 0 Å². The summed E-state index contributed by atoms with van der Waals surface area (Å²) in [6.07, 6.45) is 0.315. The molecule has 2 aromatic rings. The third kappa shape index (κ3) is 3.76. The molecule has 0 saturated heterocycles. The molecule has 1 aliphatic rings. The Bertz CT molecular complexity index is 1030. The maximum Gasteiger partial charge on any atom is 0.332 e. The highest BCUT2D eigenvalue weighted by molar-refractivity contribution is 14.1. The molecule has 1 aliphatic carbocycles. The van der Waals surface area contributed by atoms with E-state index in [1.807, 2.05) is 22.6 Å². The minimum absolute atomic E-state index is 0.0341. The molecule has 144 valence electrons. The Hall–Kier alpha value is -2.21. The number of benzene rings is 1. The van der Waals surface area contributed by atoms with Gasteiger partial charge in [0.15, 0.2) is 0 Å². The first-order valence-electron chi connectivity index (χ1n) is 8.20. The molecule has 1 amide bonds. The van der Waals surface area contributed by atoms with Crippen molar-refractivity contribution in [3.05, 3.63) is 54.0 Å². The molecule has 1 aromatic heterocycles. The van der Waals surface area contributed by atoms with Gasteiger partial charge in [-0.2, -0.15) is 0 Å². The van der Waals surface area contributed by atoms with Gasteiger partial charge in [0.1, 0.15) is 17.2 Å². The van der Waals surface area contributed by atoms with E-state index in [-0.39, 0.29) is 23.1 Å². The van der Waals surface area contributed by atoms with E-state index < -0.39 is 29.1 Å².